The predicted octanol–water partition coefficient (Wildman–Crippen LogP) is 7.60. The van der Waals surface area contributed by atoms with Crippen LogP contribution in [0.25, 0.3) is 0 Å². The number of benzene rings is 3. The summed E-state index contributed by atoms with van der Waals surface area (Å²) >= 11 is 11.9. The van der Waals surface area contributed by atoms with Crippen LogP contribution >= 0.6 is 23.2 Å². The zero-order chi connectivity index (χ0) is 25.9. The van der Waals surface area contributed by atoms with Crippen LogP contribution in [0.2, 0.25) is 10.0 Å². The summed E-state index contributed by atoms with van der Waals surface area (Å²) < 4.78 is 104. The van der Waals surface area contributed by atoms with Gasteiger partial charge in [0.2, 0.25) is 0 Å². The fourth-order valence-electron chi connectivity index (χ4n) is 2.83. The van der Waals surface area contributed by atoms with E-state index in [1.807, 2.05) is 0 Å². The molecule has 186 valence electrons. The molecule has 3 aromatic carbocycles. The molecule has 4 nitrogen and oxygen atoms in total. The molecule has 3 rings (SSSR count). The van der Waals surface area contributed by atoms with Crippen LogP contribution < -0.4 is 14.9 Å². The summed E-state index contributed by atoms with van der Waals surface area (Å²) in [5.41, 5.74) is -1.61. The minimum atomic E-state index is -5.64. The summed E-state index contributed by atoms with van der Waals surface area (Å²) in [6.45, 7) is 0.0744. The molecule has 0 saturated carbocycles. The first-order valence-electron chi connectivity index (χ1n) is 9.41. The number of rotatable bonds is 7. The van der Waals surface area contributed by atoms with Gasteiger partial charge in [0.25, 0.3) is 0 Å². The monoisotopic (exact) mass is 540 g/mol. The van der Waals surface area contributed by atoms with Gasteiger partial charge < -0.3 is 9.47 Å². The Kier molecular flexibility index (Phi) is 8.01. The maximum Gasteiger partial charge on any atom is 0.422 e. The van der Waals surface area contributed by atoms with E-state index >= 15 is 0 Å². The molecule has 0 atom stereocenters. The van der Waals surface area contributed by atoms with Crippen molar-refractivity contribution in [3.05, 3.63) is 86.4 Å². The smallest absolute Gasteiger partial charge is 0.422 e. The van der Waals surface area contributed by atoms with Crippen LogP contribution in [0.5, 0.6) is 11.5 Å². The lowest BCUT2D eigenvalue weighted by Crippen LogP contribution is -2.16. The second kappa shape index (κ2) is 10.6. The maximum atomic E-state index is 13.9. The zero-order valence-electron chi connectivity index (χ0n) is 17.4. The molecule has 0 unspecified atom stereocenters. The minimum Gasteiger partial charge on any atom is -0.493 e. The minimum absolute atomic E-state index is 0.0744. The van der Waals surface area contributed by atoms with Crippen molar-refractivity contribution in [1.82, 2.24) is 0 Å². The summed E-state index contributed by atoms with van der Waals surface area (Å²) in [5, 5.41) is 4.27. The molecule has 0 saturated heterocycles. The Bertz CT molecular complexity index is 1250. The van der Waals surface area contributed by atoms with E-state index in [0.717, 1.165) is 6.21 Å². The van der Waals surface area contributed by atoms with Gasteiger partial charge in [-0.15, -0.1) is 0 Å². The number of nitrogens with one attached hydrogen (secondary N) is 1. The SMILES string of the molecule is COc1cc(/C=N/Nc2c(F)c(F)c(C(F)(F)F)c(F)c2F)ccc1OCc1ccc(Cl)cc1Cl. The molecule has 0 bridgehead atoms. The molecular formula is C22H13Cl2F7N2O2. The van der Waals surface area contributed by atoms with Crippen molar-refractivity contribution in [3.63, 3.8) is 0 Å². The summed E-state index contributed by atoms with van der Waals surface area (Å²) in [7, 11) is 1.34. The van der Waals surface area contributed by atoms with Crippen molar-refractivity contribution in [3.8, 4) is 11.5 Å². The highest BCUT2D eigenvalue weighted by Gasteiger charge is 2.42. The number of methoxy groups -OCH3 is 1. The molecular weight excluding hydrogens is 528 g/mol. The van der Waals surface area contributed by atoms with Crippen LogP contribution in [0.4, 0.5) is 36.4 Å². The first-order chi connectivity index (χ1) is 16.4. The van der Waals surface area contributed by atoms with Crippen molar-refractivity contribution < 1.29 is 40.2 Å². The number of anilines is 1. The number of hydrogen-bond donors (Lipinski definition) is 1. The van der Waals surface area contributed by atoms with Crippen LogP contribution in [-0.4, -0.2) is 13.3 Å². The molecule has 0 spiro atoms. The average Bonchev–Trinajstić information content (AvgIpc) is 2.79. The summed E-state index contributed by atoms with van der Waals surface area (Å²) in [4.78, 5) is 0. The second-order valence-electron chi connectivity index (χ2n) is 6.81. The van der Waals surface area contributed by atoms with E-state index in [-0.39, 0.29) is 17.9 Å². The van der Waals surface area contributed by atoms with Gasteiger partial charge in [0.15, 0.2) is 34.8 Å². The van der Waals surface area contributed by atoms with E-state index in [1.165, 1.54) is 25.3 Å². The maximum absolute atomic E-state index is 13.9. The van der Waals surface area contributed by atoms with Gasteiger partial charge in [0.05, 0.1) is 13.3 Å². The summed E-state index contributed by atoms with van der Waals surface area (Å²) in [6.07, 6.45) is -4.66. The lowest BCUT2D eigenvalue weighted by molar-refractivity contribution is -0.143. The Morgan fingerprint density at radius 3 is 2.14 bits per heavy atom. The Morgan fingerprint density at radius 2 is 1.57 bits per heavy atom. The second-order valence-corrected chi connectivity index (χ2v) is 7.65. The Morgan fingerprint density at radius 1 is 0.914 bits per heavy atom. The van der Waals surface area contributed by atoms with E-state index in [0.29, 0.717) is 21.4 Å². The van der Waals surface area contributed by atoms with Crippen molar-refractivity contribution in [2.75, 3.05) is 12.5 Å². The van der Waals surface area contributed by atoms with Crippen molar-refractivity contribution >= 4 is 35.1 Å². The molecule has 0 aliphatic carbocycles. The van der Waals surface area contributed by atoms with E-state index in [2.05, 4.69) is 5.10 Å². The molecule has 35 heavy (non-hydrogen) atoms. The van der Waals surface area contributed by atoms with Gasteiger partial charge in [-0.25, -0.2) is 17.6 Å². The zero-order valence-corrected chi connectivity index (χ0v) is 18.9. The van der Waals surface area contributed by atoms with Crippen molar-refractivity contribution in [2.45, 2.75) is 12.8 Å². The van der Waals surface area contributed by atoms with Crippen molar-refractivity contribution in [1.29, 1.82) is 0 Å². The van der Waals surface area contributed by atoms with Crippen LogP contribution in [0.3, 0.4) is 0 Å². The van der Waals surface area contributed by atoms with Gasteiger partial charge in [-0.1, -0.05) is 29.3 Å². The average molecular weight is 541 g/mol. The number of hydrazone groups is 1. The van der Waals surface area contributed by atoms with Gasteiger partial charge in [-0.2, -0.15) is 18.3 Å². The van der Waals surface area contributed by atoms with Gasteiger partial charge in [0, 0.05) is 15.6 Å². The predicted molar refractivity (Wildman–Crippen MR) is 116 cm³/mol. The fraction of sp³-hybridized carbons (Fsp3) is 0.136. The molecule has 0 aliphatic rings. The van der Waals surface area contributed by atoms with Crippen LogP contribution in [0.15, 0.2) is 41.5 Å². The molecule has 0 aliphatic heterocycles. The lowest BCUT2D eigenvalue weighted by atomic mass is 10.1. The van der Waals surface area contributed by atoms with Crippen molar-refractivity contribution in [2.24, 2.45) is 5.10 Å². The number of ether oxygens (including phenoxy) is 2. The normalized spacial score (nSPS) is 11.7. The lowest BCUT2D eigenvalue weighted by Gasteiger charge is -2.13. The van der Waals surface area contributed by atoms with Gasteiger partial charge in [-0.05, 0) is 35.9 Å². The molecule has 13 heteroatoms. The van der Waals surface area contributed by atoms with Gasteiger partial charge in [-0.3, -0.25) is 5.43 Å². The largest absolute Gasteiger partial charge is 0.493 e. The Labute approximate surface area is 203 Å². The van der Waals surface area contributed by atoms with Gasteiger partial charge >= 0.3 is 6.18 Å². The molecule has 0 radical (unpaired) electrons. The first kappa shape index (κ1) is 26.4. The van der Waals surface area contributed by atoms with E-state index in [4.69, 9.17) is 32.7 Å². The van der Waals surface area contributed by atoms with Gasteiger partial charge in [0.1, 0.15) is 17.9 Å². The Hall–Kier alpha value is -3.18. The third-order valence-electron chi connectivity index (χ3n) is 4.52. The number of nitrogens with zero attached hydrogens (tertiary/aromatic N) is 1. The van der Waals surface area contributed by atoms with E-state index < -0.39 is 40.7 Å². The topological polar surface area (TPSA) is 42.8 Å². The summed E-state index contributed by atoms with van der Waals surface area (Å²) in [6, 6.07) is 9.19. The molecule has 0 heterocycles. The molecule has 0 fully saturated rings. The molecule has 0 amide bonds. The summed E-state index contributed by atoms with van der Waals surface area (Å²) in [5.74, 6) is -9.24. The highest BCUT2D eigenvalue weighted by atomic mass is 35.5. The van der Waals surface area contributed by atoms with E-state index in [1.54, 1.807) is 23.6 Å². The molecule has 0 aromatic heterocycles. The van der Waals surface area contributed by atoms with E-state index in [9.17, 15) is 30.7 Å². The first-order valence-corrected chi connectivity index (χ1v) is 10.2. The number of hydrogen-bond acceptors (Lipinski definition) is 4. The highest BCUT2D eigenvalue weighted by molar-refractivity contribution is 6.35. The quantitative estimate of drug-likeness (QED) is 0.145. The molecule has 3 aromatic rings. The number of alkyl halides is 3. The van der Waals surface area contributed by atoms with Crippen LogP contribution in [0.1, 0.15) is 16.7 Å². The third kappa shape index (κ3) is 5.91. The standard InChI is InChI=1S/C22H13Cl2F7N2O2/c1-34-15-6-10(2-5-14(15)35-9-11-3-4-12(23)7-13(11)24)8-32-33-21-19(27)17(25)16(22(29,30)31)18(26)20(21)28/h2-8,33H,9H2,1H3/b32-8+. The third-order valence-corrected chi connectivity index (χ3v) is 5.11. The highest BCUT2D eigenvalue weighted by Crippen LogP contribution is 2.38. The fourth-order valence-corrected chi connectivity index (χ4v) is 3.29. The van der Waals surface area contributed by atoms with Crippen LogP contribution in [-0.2, 0) is 12.8 Å². The molecule has 1 N–H and O–H groups in total. The number of halogens is 9. The Balaban J connectivity index is 1.78. The van der Waals surface area contributed by atoms with Crippen LogP contribution in [0, 0.1) is 23.3 Å².